The molecular formula is C27H25F3O2. The molecule has 0 aliphatic rings. The topological polar surface area (TPSA) is 26.3 Å². The second kappa shape index (κ2) is 9.86. The van der Waals surface area contributed by atoms with E-state index in [2.05, 4.69) is 6.58 Å². The number of rotatable bonds is 8. The van der Waals surface area contributed by atoms with Crippen LogP contribution in [0.1, 0.15) is 42.9 Å². The minimum atomic E-state index is -4.40. The number of hydrogen-bond donors (Lipinski definition) is 0. The summed E-state index contributed by atoms with van der Waals surface area (Å²) in [5.74, 6) is 0.141. The summed E-state index contributed by atoms with van der Waals surface area (Å²) >= 11 is 0. The Morgan fingerprint density at radius 3 is 2.16 bits per heavy atom. The van der Waals surface area contributed by atoms with E-state index in [4.69, 9.17) is 4.74 Å². The predicted molar refractivity (Wildman–Crippen MR) is 121 cm³/mol. The highest BCUT2D eigenvalue weighted by molar-refractivity contribution is 5.84. The predicted octanol–water partition coefficient (Wildman–Crippen LogP) is 7.59. The first-order chi connectivity index (χ1) is 15.1. The number of hydrogen-bond acceptors (Lipinski definition) is 2. The molecule has 0 spiro atoms. The fraction of sp³-hybridized carbons (Fsp3) is 0.222. The summed E-state index contributed by atoms with van der Waals surface area (Å²) in [5, 5.41) is 0. The zero-order valence-corrected chi connectivity index (χ0v) is 18.1. The van der Waals surface area contributed by atoms with Gasteiger partial charge in [0.25, 0.3) is 0 Å². The minimum absolute atomic E-state index is 0.00780. The lowest BCUT2D eigenvalue weighted by Gasteiger charge is -2.18. The van der Waals surface area contributed by atoms with Crippen molar-refractivity contribution in [2.45, 2.75) is 39.0 Å². The number of carbonyl (C=O) groups excluding carboxylic acids is 1. The van der Waals surface area contributed by atoms with Crippen molar-refractivity contribution in [3.8, 4) is 16.9 Å². The molecule has 0 saturated carbocycles. The third kappa shape index (κ3) is 6.10. The second-order valence-corrected chi connectivity index (χ2v) is 7.96. The van der Waals surface area contributed by atoms with Gasteiger partial charge in [-0.2, -0.15) is 13.2 Å². The van der Waals surface area contributed by atoms with Crippen LogP contribution in [0.2, 0.25) is 0 Å². The van der Waals surface area contributed by atoms with Gasteiger partial charge in [-0.25, -0.2) is 0 Å². The lowest BCUT2D eigenvalue weighted by atomic mass is 9.87. The van der Waals surface area contributed by atoms with Crippen LogP contribution in [-0.2, 0) is 17.6 Å². The van der Waals surface area contributed by atoms with E-state index in [0.29, 0.717) is 29.9 Å². The third-order valence-corrected chi connectivity index (χ3v) is 5.17. The molecule has 0 N–H and O–H groups in total. The number of halogens is 3. The van der Waals surface area contributed by atoms with Gasteiger partial charge in [-0.1, -0.05) is 54.1 Å². The van der Waals surface area contributed by atoms with Crippen LogP contribution < -0.4 is 4.74 Å². The Kier molecular flexibility index (Phi) is 7.18. The molecule has 0 aromatic heterocycles. The fourth-order valence-corrected chi connectivity index (χ4v) is 3.51. The number of benzene rings is 3. The molecule has 5 heteroatoms. The van der Waals surface area contributed by atoms with Gasteiger partial charge in [0.15, 0.2) is 0 Å². The summed E-state index contributed by atoms with van der Waals surface area (Å²) < 4.78 is 44.9. The first kappa shape index (κ1) is 23.3. The van der Waals surface area contributed by atoms with Crippen LogP contribution in [0.5, 0.6) is 5.75 Å². The Labute approximate surface area is 186 Å². The minimum Gasteiger partial charge on any atom is -0.489 e. The molecule has 3 aromatic carbocycles. The summed E-state index contributed by atoms with van der Waals surface area (Å²) in [6.45, 7) is 7.65. The molecule has 32 heavy (non-hydrogen) atoms. The van der Waals surface area contributed by atoms with Gasteiger partial charge in [0, 0.05) is 5.92 Å². The van der Waals surface area contributed by atoms with Crippen molar-refractivity contribution in [2.75, 3.05) is 0 Å². The van der Waals surface area contributed by atoms with Crippen LogP contribution in [0.15, 0.2) is 84.9 Å². The van der Waals surface area contributed by atoms with Crippen LogP contribution in [0.3, 0.4) is 0 Å². The third-order valence-electron chi connectivity index (χ3n) is 5.17. The van der Waals surface area contributed by atoms with E-state index in [1.807, 2.05) is 49.4 Å². The standard InChI is InChI=1S/C27H25F3O2/c1-18(2)13-26(19(3)31)23-14-22(21-9-11-24(12-10-21)27(28,29)30)15-25(16-23)32-17-20-7-5-4-6-8-20/h4-12,14-16,26H,1,13,17H2,2-3H3. The van der Waals surface area contributed by atoms with E-state index >= 15 is 0 Å². The number of carbonyl (C=O) groups is 1. The van der Waals surface area contributed by atoms with Gasteiger partial charge >= 0.3 is 6.18 Å². The van der Waals surface area contributed by atoms with Crippen molar-refractivity contribution in [1.82, 2.24) is 0 Å². The lowest BCUT2D eigenvalue weighted by molar-refractivity contribution is -0.137. The Morgan fingerprint density at radius 1 is 0.938 bits per heavy atom. The Bertz CT molecular complexity index is 1080. The average molecular weight is 438 g/mol. The molecule has 3 aromatic rings. The molecule has 1 unspecified atom stereocenters. The highest BCUT2D eigenvalue weighted by Gasteiger charge is 2.30. The maximum absolute atomic E-state index is 13.0. The average Bonchev–Trinajstić information content (AvgIpc) is 2.76. The Morgan fingerprint density at radius 2 is 1.59 bits per heavy atom. The number of allylic oxidation sites excluding steroid dienone is 1. The molecule has 0 amide bonds. The molecule has 0 aliphatic carbocycles. The summed E-state index contributed by atoms with van der Waals surface area (Å²) in [5.41, 5.74) is 3.20. The molecule has 0 bridgehead atoms. The Hall–Kier alpha value is -3.34. The van der Waals surface area contributed by atoms with E-state index in [1.54, 1.807) is 6.07 Å². The van der Waals surface area contributed by atoms with Crippen LogP contribution in [0.25, 0.3) is 11.1 Å². The molecule has 0 aliphatic heterocycles. The summed E-state index contributed by atoms with van der Waals surface area (Å²) in [4.78, 5) is 12.4. The van der Waals surface area contributed by atoms with Crippen molar-refractivity contribution in [1.29, 1.82) is 0 Å². The molecule has 1 atom stereocenters. The molecule has 0 fully saturated rings. The van der Waals surface area contributed by atoms with Crippen molar-refractivity contribution < 1.29 is 22.7 Å². The fourth-order valence-electron chi connectivity index (χ4n) is 3.51. The van der Waals surface area contributed by atoms with Crippen LogP contribution in [0.4, 0.5) is 13.2 Å². The number of ketones is 1. The van der Waals surface area contributed by atoms with Crippen LogP contribution >= 0.6 is 0 Å². The van der Waals surface area contributed by atoms with Gasteiger partial charge in [0.2, 0.25) is 0 Å². The maximum Gasteiger partial charge on any atom is 0.416 e. The number of alkyl halides is 3. The van der Waals surface area contributed by atoms with E-state index in [9.17, 15) is 18.0 Å². The van der Waals surface area contributed by atoms with Gasteiger partial charge in [-0.05, 0) is 66.8 Å². The van der Waals surface area contributed by atoms with E-state index in [1.165, 1.54) is 19.1 Å². The smallest absolute Gasteiger partial charge is 0.416 e. The van der Waals surface area contributed by atoms with E-state index in [-0.39, 0.29) is 5.78 Å². The van der Waals surface area contributed by atoms with Gasteiger partial charge in [0.05, 0.1) is 5.56 Å². The molecule has 0 heterocycles. The summed E-state index contributed by atoms with van der Waals surface area (Å²) in [7, 11) is 0. The Balaban J connectivity index is 2.01. The van der Waals surface area contributed by atoms with Gasteiger partial charge in [-0.15, -0.1) is 6.58 Å². The molecule has 3 rings (SSSR count). The molecule has 166 valence electrons. The van der Waals surface area contributed by atoms with Gasteiger partial charge in [0.1, 0.15) is 18.1 Å². The zero-order valence-electron chi connectivity index (χ0n) is 18.1. The summed E-state index contributed by atoms with van der Waals surface area (Å²) in [6, 6.07) is 20.1. The van der Waals surface area contributed by atoms with Crippen molar-refractivity contribution >= 4 is 5.78 Å². The number of Topliss-reactive ketones (excluding diaryl/α,β-unsaturated/α-hetero) is 1. The zero-order chi connectivity index (χ0) is 23.3. The normalized spacial score (nSPS) is 12.3. The SMILES string of the molecule is C=C(C)CC(C(C)=O)c1cc(OCc2ccccc2)cc(-c2ccc(C(F)(F)F)cc2)c1. The van der Waals surface area contributed by atoms with Crippen LogP contribution in [-0.4, -0.2) is 5.78 Å². The van der Waals surface area contributed by atoms with Crippen molar-refractivity contribution in [3.63, 3.8) is 0 Å². The monoisotopic (exact) mass is 438 g/mol. The molecular weight excluding hydrogens is 413 g/mol. The second-order valence-electron chi connectivity index (χ2n) is 7.96. The highest BCUT2D eigenvalue weighted by atomic mass is 19.4. The molecule has 0 radical (unpaired) electrons. The quantitative estimate of drug-likeness (QED) is 0.339. The van der Waals surface area contributed by atoms with Crippen molar-refractivity contribution in [2.24, 2.45) is 0 Å². The molecule has 2 nitrogen and oxygen atoms in total. The maximum atomic E-state index is 13.0. The van der Waals surface area contributed by atoms with Gasteiger partial charge in [-0.3, -0.25) is 4.79 Å². The lowest BCUT2D eigenvalue weighted by Crippen LogP contribution is -2.10. The highest BCUT2D eigenvalue weighted by Crippen LogP contribution is 2.35. The van der Waals surface area contributed by atoms with E-state index < -0.39 is 17.7 Å². The first-order valence-corrected chi connectivity index (χ1v) is 10.3. The summed E-state index contributed by atoms with van der Waals surface area (Å²) in [6.07, 6.45) is -3.91. The largest absolute Gasteiger partial charge is 0.489 e. The molecule has 0 saturated heterocycles. The van der Waals surface area contributed by atoms with Gasteiger partial charge < -0.3 is 4.74 Å². The van der Waals surface area contributed by atoms with Crippen LogP contribution in [0, 0.1) is 0 Å². The first-order valence-electron chi connectivity index (χ1n) is 10.3. The number of ether oxygens (including phenoxy) is 1. The van der Waals surface area contributed by atoms with Crippen molar-refractivity contribution in [3.05, 3.63) is 102 Å². The van der Waals surface area contributed by atoms with E-state index in [0.717, 1.165) is 28.8 Å².